The second-order valence-electron chi connectivity index (χ2n) is 7.11. The van der Waals surface area contributed by atoms with Crippen LogP contribution in [0.4, 0.5) is 5.69 Å². The molecule has 0 fully saturated rings. The lowest BCUT2D eigenvalue weighted by Crippen LogP contribution is -2.31. The first-order valence-corrected chi connectivity index (χ1v) is 10.5. The topological polar surface area (TPSA) is 90.6 Å². The molecule has 1 aliphatic rings. The van der Waals surface area contributed by atoms with Crippen LogP contribution in [0.2, 0.25) is 0 Å². The largest absolute Gasteiger partial charge is 0.493 e. The predicted molar refractivity (Wildman–Crippen MR) is 117 cm³/mol. The minimum absolute atomic E-state index is 0.109. The zero-order valence-corrected chi connectivity index (χ0v) is 17.6. The molecule has 6 nitrogen and oxygen atoms in total. The first kappa shape index (κ1) is 21.6. The summed E-state index contributed by atoms with van der Waals surface area (Å²) < 4.78 is 5.69. The highest BCUT2D eigenvalue weighted by Gasteiger charge is 2.40. The second kappa shape index (κ2) is 9.61. The van der Waals surface area contributed by atoms with Crippen LogP contribution in [-0.4, -0.2) is 35.9 Å². The van der Waals surface area contributed by atoms with E-state index >= 15 is 0 Å². The molecule has 0 bridgehead atoms. The van der Waals surface area contributed by atoms with E-state index in [2.05, 4.69) is 13.8 Å². The number of nitriles is 1. The van der Waals surface area contributed by atoms with Gasteiger partial charge < -0.3 is 9.84 Å². The number of carbonyl (C=O) groups excluding carboxylic acids is 2. The number of anilines is 1. The number of carbonyl (C=O) groups is 2. The fraction of sp³-hybridized carbons (Fsp3) is 0.261. The molecule has 0 atom stereocenters. The van der Waals surface area contributed by atoms with Crippen molar-refractivity contribution >= 4 is 34.8 Å². The molecule has 2 aromatic carbocycles. The third kappa shape index (κ3) is 4.56. The van der Waals surface area contributed by atoms with Crippen LogP contribution in [0.1, 0.15) is 25.0 Å². The summed E-state index contributed by atoms with van der Waals surface area (Å²) in [6, 6.07) is 15.4. The normalized spacial score (nSPS) is 13.9. The molecular formula is C23H22N2O4S. The number of amides is 2. The standard InChI is InChI=1S/C23H22N2O4S/c1-15(2)14-29-19-9-5-17(6-10-19)20-21(30-12-11-26)23(28)25(22(20)27)18-7-3-16(13-24)4-8-18/h3-10,15,26H,11-12,14H2,1-2H3. The first-order valence-electron chi connectivity index (χ1n) is 9.56. The maximum Gasteiger partial charge on any atom is 0.272 e. The maximum atomic E-state index is 13.2. The van der Waals surface area contributed by atoms with E-state index in [4.69, 9.17) is 10.00 Å². The fourth-order valence-electron chi connectivity index (χ4n) is 2.95. The van der Waals surface area contributed by atoms with Crippen LogP contribution in [0.15, 0.2) is 53.4 Å². The molecule has 2 amide bonds. The van der Waals surface area contributed by atoms with Crippen LogP contribution in [0, 0.1) is 17.2 Å². The maximum absolute atomic E-state index is 13.2. The Morgan fingerprint density at radius 2 is 1.73 bits per heavy atom. The Balaban J connectivity index is 1.94. The molecule has 7 heteroatoms. The van der Waals surface area contributed by atoms with Crippen LogP contribution < -0.4 is 9.64 Å². The van der Waals surface area contributed by atoms with E-state index in [0.717, 1.165) is 16.7 Å². The molecule has 0 spiro atoms. The molecule has 0 saturated heterocycles. The summed E-state index contributed by atoms with van der Waals surface area (Å²) in [4.78, 5) is 27.7. The van der Waals surface area contributed by atoms with Gasteiger partial charge in [0.05, 0.1) is 41.0 Å². The molecule has 1 heterocycles. The quantitative estimate of drug-likeness (QED) is 0.654. The van der Waals surface area contributed by atoms with Crippen molar-refractivity contribution in [2.75, 3.05) is 23.9 Å². The molecule has 154 valence electrons. The van der Waals surface area contributed by atoms with Gasteiger partial charge in [0.1, 0.15) is 5.75 Å². The van der Waals surface area contributed by atoms with E-state index in [-0.39, 0.29) is 6.61 Å². The number of ether oxygens (including phenoxy) is 1. The monoisotopic (exact) mass is 422 g/mol. The highest BCUT2D eigenvalue weighted by atomic mass is 32.2. The Kier molecular flexibility index (Phi) is 6.93. The van der Waals surface area contributed by atoms with E-state index in [1.54, 1.807) is 48.5 Å². The summed E-state index contributed by atoms with van der Waals surface area (Å²) in [6.45, 7) is 4.60. The number of thioether (sulfide) groups is 1. The minimum atomic E-state index is -0.432. The summed E-state index contributed by atoms with van der Waals surface area (Å²) in [5, 5.41) is 18.2. The third-order valence-electron chi connectivity index (χ3n) is 4.36. The molecule has 3 rings (SSSR count). The average molecular weight is 423 g/mol. The van der Waals surface area contributed by atoms with Crippen molar-refractivity contribution in [2.24, 2.45) is 5.92 Å². The van der Waals surface area contributed by atoms with E-state index in [9.17, 15) is 14.7 Å². The van der Waals surface area contributed by atoms with Gasteiger partial charge in [-0.15, -0.1) is 11.8 Å². The highest BCUT2D eigenvalue weighted by molar-refractivity contribution is 8.04. The number of aliphatic hydroxyl groups excluding tert-OH is 1. The zero-order valence-electron chi connectivity index (χ0n) is 16.8. The van der Waals surface area contributed by atoms with E-state index in [0.29, 0.717) is 51.3 Å². The predicted octanol–water partition coefficient (Wildman–Crippen LogP) is 3.60. The lowest BCUT2D eigenvalue weighted by Gasteiger charge is -2.15. The Bertz CT molecular complexity index is 1000. The molecule has 2 aromatic rings. The molecule has 0 aromatic heterocycles. The van der Waals surface area contributed by atoms with Crippen LogP contribution in [0.25, 0.3) is 5.57 Å². The van der Waals surface area contributed by atoms with Crippen molar-refractivity contribution in [3.8, 4) is 11.8 Å². The Morgan fingerprint density at radius 1 is 1.07 bits per heavy atom. The minimum Gasteiger partial charge on any atom is -0.493 e. The molecule has 0 unspecified atom stereocenters. The first-order chi connectivity index (χ1) is 14.5. The molecule has 0 radical (unpaired) electrons. The number of imide groups is 1. The molecule has 0 saturated carbocycles. The summed E-state index contributed by atoms with van der Waals surface area (Å²) in [5.41, 5.74) is 1.76. The van der Waals surface area contributed by atoms with Gasteiger partial charge in [-0.25, -0.2) is 4.90 Å². The third-order valence-corrected chi connectivity index (χ3v) is 5.41. The van der Waals surface area contributed by atoms with Gasteiger partial charge in [-0.05, 0) is 47.9 Å². The van der Waals surface area contributed by atoms with Crippen molar-refractivity contribution in [1.82, 2.24) is 0 Å². The van der Waals surface area contributed by atoms with Gasteiger partial charge in [0.25, 0.3) is 11.8 Å². The van der Waals surface area contributed by atoms with Crippen LogP contribution >= 0.6 is 11.8 Å². The van der Waals surface area contributed by atoms with E-state index in [1.165, 1.54) is 0 Å². The zero-order chi connectivity index (χ0) is 21.7. The SMILES string of the molecule is CC(C)COc1ccc(C2=C(SCCO)C(=O)N(c3ccc(C#N)cc3)C2=O)cc1. The Morgan fingerprint density at radius 3 is 2.30 bits per heavy atom. The smallest absolute Gasteiger partial charge is 0.272 e. The fourth-order valence-corrected chi connectivity index (χ4v) is 3.81. The van der Waals surface area contributed by atoms with Crippen molar-refractivity contribution in [1.29, 1.82) is 5.26 Å². The van der Waals surface area contributed by atoms with Crippen LogP contribution in [0.3, 0.4) is 0 Å². The number of hydrogen-bond donors (Lipinski definition) is 1. The van der Waals surface area contributed by atoms with Gasteiger partial charge in [-0.2, -0.15) is 5.26 Å². The van der Waals surface area contributed by atoms with Gasteiger partial charge in [-0.3, -0.25) is 9.59 Å². The lowest BCUT2D eigenvalue weighted by atomic mass is 10.1. The molecule has 1 aliphatic heterocycles. The summed E-state index contributed by atoms with van der Waals surface area (Å²) in [6.07, 6.45) is 0. The summed E-state index contributed by atoms with van der Waals surface area (Å²) in [7, 11) is 0. The number of nitrogens with zero attached hydrogens (tertiary/aromatic N) is 2. The number of aliphatic hydroxyl groups is 1. The Labute approximate surface area is 179 Å². The second-order valence-corrected chi connectivity index (χ2v) is 8.21. The number of rotatable bonds is 8. The number of benzene rings is 2. The molecule has 0 aliphatic carbocycles. The van der Waals surface area contributed by atoms with Crippen LogP contribution in [-0.2, 0) is 9.59 Å². The molecule has 1 N–H and O–H groups in total. The van der Waals surface area contributed by atoms with E-state index < -0.39 is 11.8 Å². The van der Waals surface area contributed by atoms with Crippen molar-refractivity contribution < 1.29 is 19.4 Å². The van der Waals surface area contributed by atoms with Gasteiger partial charge in [0, 0.05) is 5.75 Å². The molecule has 30 heavy (non-hydrogen) atoms. The highest BCUT2D eigenvalue weighted by Crippen LogP contribution is 2.38. The summed E-state index contributed by atoms with van der Waals surface area (Å²) >= 11 is 1.16. The van der Waals surface area contributed by atoms with Crippen LogP contribution in [0.5, 0.6) is 5.75 Å². The van der Waals surface area contributed by atoms with Crippen molar-refractivity contribution in [3.05, 3.63) is 64.6 Å². The molecular weight excluding hydrogens is 400 g/mol. The van der Waals surface area contributed by atoms with Gasteiger partial charge in [-0.1, -0.05) is 26.0 Å². The van der Waals surface area contributed by atoms with E-state index in [1.807, 2.05) is 6.07 Å². The lowest BCUT2D eigenvalue weighted by molar-refractivity contribution is -0.119. The number of hydrogen-bond acceptors (Lipinski definition) is 6. The Hall–Kier alpha value is -3.08. The van der Waals surface area contributed by atoms with Gasteiger partial charge >= 0.3 is 0 Å². The van der Waals surface area contributed by atoms with Crippen molar-refractivity contribution in [2.45, 2.75) is 13.8 Å². The van der Waals surface area contributed by atoms with Crippen molar-refractivity contribution in [3.63, 3.8) is 0 Å². The van der Waals surface area contributed by atoms with Gasteiger partial charge in [0.15, 0.2) is 0 Å². The summed E-state index contributed by atoms with van der Waals surface area (Å²) in [5.74, 6) is 0.524. The average Bonchev–Trinajstić information content (AvgIpc) is 3.00. The van der Waals surface area contributed by atoms with Gasteiger partial charge in [0.2, 0.25) is 0 Å².